The zero-order valence-electron chi connectivity index (χ0n) is 9.48. The first kappa shape index (κ1) is 15.8. The van der Waals surface area contributed by atoms with Crippen molar-refractivity contribution in [3.05, 3.63) is 53.1 Å². The van der Waals surface area contributed by atoms with Crippen LogP contribution in [0.15, 0.2) is 36.7 Å². The SMILES string of the molecule is O=C([O-])c1ccc(-c2cncc(Cl)c2)cc1F.[K+]. The number of pyridine rings is 1. The molecule has 0 saturated heterocycles. The van der Waals surface area contributed by atoms with Gasteiger partial charge in [0.05, 0.1) is 11.0 Å². The van der Waals surface area contributed by atoms with Crippen molar-refractivity contribution in [2.24, 2.45) is 0 Å². The Labute approximate surface area is 150 Å². The third-order valence-electron chi connectivity index (χ3n) is 2.23. The minimum Gasteiger partial charge on any atom is -0.545 e. The van der Waals surface area contributed by atoms with Crippen LogP contribution in [-0.4, -0.2) is 11.0 Å². The monoisotopic (exact) mass is 289 g/mol. The maximum atomic E-state index is 13.4. The van der Waals surface area contributed by atoms with Gasteiger partial charge in [0.1, 0.15) is 5.82 Å². The van der Waals surface area contributed by atoms with Crippen LogP contribution in [0.1, 0.15) is 10.4 Å². The summed E-state index contributed by atoms with van der Waals surface area (Å²) >= 11 is 5.76. The summed E-state index contributed by atoms with van der Waals surface area (Å²) in [5, 5.41) is 11.0. The van der Waals surface area contributed by atoms with Gasteiger partial charge in [-0.1, -0.05) is 17.7 Å². The second kappa shape index (κ2) is 6.74. The minimum atomic E-state index is -1.54. The van der Waals surface area contributed by atoms with E-state index in [-0.39, 0.29) is 51.4 Å². The fourth-order valence-corrected chi connectivity index (χ4v) is 1.60. The number of aromatic carboxylic acids is 1. The molecule has 1 heterocycles. The van der Waals surface area contributed by atoms with Gasteiger partial charge in [0.25, 0.3) is 0 Å². The molecule has 6 heteroatoms. The molecule has 0 N–H and O–H groups in total. The normalized spacial score (nSPS) is 9.67. The van der Waals surface area contributed by atoms with E-state index < -0.39 is 17.3 Å². The van der Waals surface area contributed by atoms with Crippen molar-refractivity contribution >= 4 is 17.6 Å². The molecule has 0 saturated carbocycles. The van der Waals surface area contributed by atoms with Gasteiger partial charge in [-0.2, -0.15) is 0 Å². The van der Waals surface area contributed by atoms with Crippen molar-refractivity contribution in [1.82, 2.24) is 4.98 Å². The number of rotatable bonds is 2. The molecule has 0 unspecified atom stereocenters. The van der Waals surface area contributed by atoms with E-state index in [1.807, 2.05) is 0 Å². The fourth-order valence-electron chi connectivity index (χ4n) is 1.43. The van der Waals surface area contributed by atoms with Crippen LogP contribution in [0.25, 0.3) is 11.1 Å². The van der Waals surface area contributed by atoms with Gasteiger partial charge in [-0.05, 0) is 23.8 Å². The van der Waals surface area contributed by atoms with Gasteiger partial charge in [-0.25, -0.2) is 4.39 Å². The molecule has 2 aromatic rings. The van der Waals surface area contributed by atoms with Crippen molar-refractivity contribution in [2.45, 2.75) is 0 Å². The Hall–Kier alpha value is -0.304. The molecule has 86 valence electrons. The molecule has 0 amide bonds. The van der Waals surface area contributed by atoms with Crippen LogP contribution in [-0.2, 0) is 0 Å². The number of carboxylic acids is 1. The van der Waals surface area contributed by atoms with Crippen LogP contribution < -0.4 is 56.5 Å². The van der Waals surface area contributed by atoms with E-state index in [4.69, 9.17) is 11.6 Å². The standard InChI is InChI=1S/C12H7ClFNO2.K/c13-9-3-8(5-15-6-9)7-1-2-10(12(16)17)11(14)4-7;/h1-6H,(H,16,17);/q;+1/p-1. The van der Waals surface area contributed by atoms with E-state index in [1.165, 1.54) is 18.5 Å². The summed E-state index contributed by atoms with van der Waals surface area (Å²) < 4.78 is 13.4. The quantitative estimate of drug-likeness (QED) is 0.660. The molecule has 0 atom stereocenters. The van der Waals surface area contributed by atoms with E-state index in [0.717, 1.165) is 12.1 Å². The first-order chi connectivity index (χ1) is 8.08. The number of carboxylic acid groups (broad SMARTS) is 1. The molecule has 0 aliphatic carbocycles. The fraction of sp³-hybridized carbons (Fsp3) is 0. The van der Waals surface area contributed by atoms with E-state index >= 15 is 0 Å². The summed E-state index contributed by atoms with van der Waals surface area (Å²) in [5.41, 5.74) is 0.646. The maximum Gasteiger partial charge on any atom is 1.00 e. The van der Waals surface area contributed by atoms with E-state index in [1.54, 1.807) is 6.07 Å². The molecule has 0 fully saturated rings. The molecule has 2 rings (SSSR count). The smallest absolute Gasteiger partial charge is 0.545 e. The number of aromatic nitrogens is 1. The Bertz CT molecular complexity index is 592. The second-order valence-electron chi connectivity index (χ2n) is 3.37. The van der Waals surface area contributed by atoms with E-state index in [9.17, 15) is 14.3 Å². The summed E-state index contributed by atoms with van der Waals surface area (Å²) in [4.78, 5) is 14.4. The molecular weight excluding hydrogens is 284 g/mol. The van der Waals surface area contributed by atoms with Crippen LogP contribution in [0.4, 0.5) is 4.39 Å². The van der Waals surface area contributed by atoms with Gasteiger partial charge in [0.15, 0.2) is 0 Å². The Morgan fingerprint density at radius 3 is 2.50 bits per heavy atom. The van der Waals surface area contributed by atoms with Crippen molar-refractivity contribution in [1.29, 1.82) is 0 Å². The minimum absolute atomic E-state index is 0. The van der Waals surface area contributed by atoms with Gasteiger partial charge < -0.3 is 9.90 Å². The predicted molar refractivity (Wildman–Crippen MR) is 59.0 cm³/mol. The van der Waals surface area contributed by atoms with Gasteiger partial charge in [0.2, 0.25) is 0 Å². The molecule has 18 heavy (non-hydrogen) atoms. The summed E-state index contributed by atoms with van der Waals surface area (Å²) in [6, 6.07) is 5.35. The van der Waals surface area contributed by atoms with Crippen molar-refractivity contribution < 1.29 is 65.7 Å². The first-order valence-electron chi connectivity index (χ1n) is 4.70. The Morgan fingerprint density at radius 2 is 1.94 bits per heavy atom. The average Bonchev–Trinajstić information content (AvgIpc) is 2.28. The van der Waals surface area contributed by atoms with Gasteiger partial charge in [0, 0.05) is 23.5 Å². The number of hydrogen-bond donors (Lipinski definition) is 0. The Kier molecular flexibility index (Phi) is 5.90. The predicted octanol–water partition coefficient (Wildman–Crippen LogP) is -1.09. The summed E-state index contributed by atoms with van der Waals surface area (Å²) in [5.74, 6) is -2.39. The third-order valence-corrected chi connectivity index (χ3v) is 2.43. The van der Waals surface area contributed by atoms with E-state index in [2.05, 4.69) is 4.98 Å². The topological polar surface area (TPSA) is 53.0 Å². The Balaban J connectivity index is 0.00000162. The van der Waals surface area contributed by atoms with Gasteiger partial charge in [-0.15, -0.1) is 0 Å². The van der Waals surface area contributed by atoms with E-state index in [0.29, 0.717) is 16.1 Å². The number of hydrogen-bond acceptors (Lipinski definition) is 3. The van der Waals surface area contributed by atoms with Crippen molar-refractivity contribution in [2.75, 3.05) is 0 Å². The molecule has 0 spiro atoms. The molecular formula is C12H6ClFKNO2. The second-order valence-corrected chi connectivity index (χ2v) is 3.81. The molecule has 0 bridgehead atoms. The summed E-state index contributed by atoms with van der Waals surface area (Å²) in [6.45, 7) is 0. The number of carbonyl (C=O) groups is 1. The number of carbonyl (C=O) groups excluding carboxylic acids is 1. The van der Waals surface area contributed by atoms with Crippen LogP contribution in [0, 0.1) is 5.82 Å². The van der Waals surface area contributed by atoms with Crippen LogP contribution in [0.5, 0.6) is 0 Å². The van der Waals surface area contributed by atoms with Crippen molar-refractivity contribution in [3.8, 4) is 11.1 Å². The summed E-state index contributed by atoms with van der Waals surface area (Å²) in [6.07, 6.45) is 2.97. The maximum absolute atomic E-state index is 13.4. The molecule has 0 aliphatic heterocycles. The molecule has 3 nitrogen and oxygen atoms in total. The van der Waals surface area contributed by atoms with Crippen LogP contribution in [0.2, 0.25) is 5.02 Å². The Morgan fingerprint density at radius 1 is 1.22 bits per heavy atom. The first-order valence-corrected chi connectivity index (χ1v) is 5.07. The average molecular weight is 290 g/mol. The molecule has 0 radical (unpaired) electrons. The number of halogens is 2. The largest absolute Gasteiger partial charge is 1.00 e. The molecule has 1 aromatic carbocycles. The van der Waals surface area contributed by atoms with Crippen LogP contribution >= 0.6 is 11.6 Å². The number of benzene rings is 1. The van der Waals surface area contributed by atoms with Crippen molar-refractivity contribution in [3.63, 3.8) is 0 Å². The third kappa shape index (κ3) is 3.60. The zero-order chi connectivity index (χ0) is 12.4. The van der Waals surface area contributed by atoms with Gasteiger partial charge in [-0.3, -0.25) is 4.98 Å². The molecule has 1 aromatic heterocycles. The zero-order valence-corrected chi connectivity index (χ0v) is 13.4. The number of nitrogens with zero attached hydrogens (tertiary/aromatic N) is 1. The van der Waals surface area contributed by atoms with Crippen LogP contribution in [0.3, 0.4) is 0 Å². The van der Waals surface area contributed by atoms with Gasteiger partial charge >= 0.3 is 51.4 Å². The molecule has 0 aliphatic rings. The summed E-state index contributed by atoms with van der Waals surface area (Å²) in [7, 11) is 0.